The van der Waals surface area contributed by atoms with E-state index in [1.807, 2.05) is 12.1 Å². The lowest BCUT2D eigenvalue weighted by molar-refractivity contribution is 0.414. The van der Waals surface area contributed by atoms with Gasteiger partial charge in [-0.2, -0.15) is 0 Å². The number of methoxy groups -OCH3 is 2. The Kier molecular flexibility index (Phi) is 8.80. The smallest absolute Gasteiger partial charge is 0.119 e. The van der Waals surface area contributed by atoms with E-state index in [0.29, 0.717) is 0 Å². The Morgan fingerprint density at radius 1 is 0.370 bits per heavy atom. The molecule has 0 aromatic heterocycles. The first-order valence-electron chi connectivity index (χ1n) is 15.6. The van der Waals surface area contributed by atoms with Crippen LogP contribution in [0.1, 0.15) is 22.3 Å². The fraction of sp³-hybridized carbons (Fsp3) is 0.143. The lowest BCUT2D eigenvalue weighted by atomic mass is 10.0. The van der Waals surface area contributed by atoms with Gasteiger partial charge in [0.05, 0.1) is 14.2 Å². The lowest BCUT2D eigenvalue weighted by Crippen LogP contribution is -2.13. The molecule has 6 aromatic rings. The number of anilines is 6. The Bertz CT molecular complexity index is 1820. The van der Waals surface area contributed by atoms with Gasteiger partial charge in [0, 0.05) is 34.1 Å². The molecule has 0 amide bonds. The minimum Gasteiger partial charge on any atom is -0.497 e. The molecule has 0 aliphatic carbocycles. The molecule has 0 fully saturated rings. The summed E-state index contributed by atoms with van der Waals surface area (Å²) in [5, 5.41) is 0. The number of ether oxygens (including phenoxy) is 2. The van der Waals surface area contributed by atoms with E-state index in [-0.39, 0.29) is 0 Å². The van der Waals surface area contributed by atoms with Crippen molar-refractivity contribution in [1.82, 2.24) is 0 Å². The van der Waals surface area contributed by atoms with Gasteiger partial charge in [-0.25, -0.2) is 0 Å². The Balaban J connectivity index is 1.36. The minimum absolute atomic E-state index is 0.855. The van der Waals surface area contributed by atoms with Gasteiger partial charge in [-0.1, -0.05) is 60.7 Å². The molecule has 0 radical (unpaired) electrons. The first-order valence-corrected chi connectivity index (χ1v) is 15.6. The van der Waals surface area contributed by atoms with Crippen molar-refractivity contribution in [3.05, 3.63) is 156 Å². The van der Waals surface area contributed by atoms with Crippen LogP contribution >= 0.6 is 0 Å². The number of rotatable bonds is 9. The molecule has 0 spiro atoms. The van der Waals surface area contributed by atoms with Crippen LogP contribution in [-0.4, -0.2) is 14.2 Å². The average Bonchev–Trinajstić information content (AvgIpc) is 3.08. The summed E-state index contributed by atoms with van der Waals surface area (Å²) in [6, 6.07) is 47.2. The second-order valence-electron chi connectivity index (χ2n) is 11.6. The molecule has 6 rings (SSSR count). The number of benzene rings is 6. The molecular weight excluding hydrogens is 564 g/mol. The quantitative estimate of drug-likeness (QED) is 0.164. The molecular formula is C42H40N2O2. The molecule has 230 valence electrons. The maximum absolute atomic E-state index is 5.50. The molecule has 6 aromatic carbocycles. The Morgan fingerprint density at radius 2 is 0.717 bits per heavy atom. The normalized spacial score (nSPS) is 10.8. The highest BCUT2D eigenvalue weighted by molar-refractivity contribution is 5.83. The summed E-state index contributed by atoms with van der Waals surface area (Å²) >= 11 is 0. The van der Waals surface area contributed by atoms with Crippen molar-refractivity contribution >= 4 is 34.1 Å². The SMILES string of the molecule is COc1ccc(N(c2ccc(-c3ccc(N(c4ccccc4C)c4ccc(OC)cc4C)cc3)cc2)c2ccccc2C)c(C)c1. The Hall–Kier alpha value is -5.48. The summed E-state index contributed by atoms with van der Waals surface area (Å²) in [6.07, 6.45) is 0. The maximum atomic E-state index is 5.50. The summed E-state index contributed by atoms with van der Waals surface area (Å²) in [5.41, 5.74) is 13.8. The third kappa shape index (κ3) is 6.07. The van der Waals surface area contributed by atoms with E-state index in [2.05, 4.69) is 159 Å². The summed E-state index contributed by atoms with van der Waals surface area (Å²) in [7, 11) is 3.42. The zero-order chi connectivity index (χ0) is 32.2. The molecule has 0 unspecified atom stereocenters. The Morgan fingerprint density at radius 3 is 1.04 bits per heavy atom. The number of aryl methyl sites for hydroxylation is 4. The van der Waals surface area contributed by atoms with Gasteiger partial charge < -0.3 is 19.3 Å². The van der Waals surface area contributed by atoms with Crippen molar-refractivity contribution < 1.29 is 9.47 Å². The van der Waals surface area contributed by atoms with Gasteiger partial charge in [0.15, 0.2) is 0 Å². The van der Waals surface area contributed by atoms with Crippen LogP contribution in [0.2, 0.25) is 0 Å². The van der Waals surface area contributed by atoms with Crippen molar-refractivity contribution in [2.24, 2.45) is 0 Å². The van der Waals surface area contributed by atoms with Crippen molar-refractivity contribution in [3.8, 4) is 22.6 Å². The second-order valence-corrected chi connectivity index (χ2v) is 11.6. The lowest BCUT2D eigenvalue weighted by Gasteiger charge is -2.29. The van der Waals surface area contributed by atoms with E-state index in [0.717, 1.165) is 67.9 Å². The van der Waals surface area contributed by atoms with Crippen molar-refractivity contribution in [2.45, 2.75) is 27.7 Å². The van der Waals surface area contributed by atoms with E-state index >= 15 is 0 Å². The Labute approximate surface area is 273 Å². The number of para-hydroxylation sites is 2. The molecule has 0 atom stereocenters. The third-order valence-corrected chi connectivity index (χ3v) is 8.59. The van der Waals surface area contributed by atoms with Crippen LogP contribution in [-0.2, 0) is 0 Å². The summed E-state index contributed by atoms with van der Waals surface area (Å²) in [6.45, 7) is 8.58. The van der Waals surface area contributed by atoms with Crippen LogP contribution < -0.4 is 19.3 Å². The van der Waals surface area contributed by atoms with Crippen LogP contribution in [0.15, 0.2) is 133 Å². The topological polar surface area (TPSA) is 24.9 Å². The molecule has 0 bridgehead atoms. The second kappa shape index (κ2) is 13.3. The highest BCUT2D eigenvalue weighted by Gasteiger charge is 2.19. The van der Waals surface area contributed by atoms with Gasteiger partial charge >= 0.3 is 0 Å². The summed E-state index contributed by atoms with van der Waals surface area (Å²) in [5.74, 6) is 1.71. The zero-order valence-corrected chi connectivity index (χ0v) is 27.4. The maximum Gasteiger partial charge on any atom is 0.119 e. The van der Waals surface area contributed by atoms with E-state index in [4.69, 9.17) is 9.47 Å². The van der Waals surface area contributed by atoms with E-state index in [9.17, 15) is 0 Å². The highest BCUT2D eigenvalue weighted by atomic mass is 16.5. The van der Waals surface area contributed by atoms with Crippen LogP contribution in [0.4, 0.5) is 34.1 Å². The van der Waals surface area contributed by atoms with Crippen LogP contribution in [0.3, 0.4) is 0 Å². The average molecular weight is 605 g/mol. The van der Waals surface area contributed by atoms with Gasteiger partial charge in [0.2, 0.25) is 0 Å². The number of hydrogen-bond donors (Lipinski definition) is 0. The van der Waals surface area contributed by atoms with Gasteiger partial charge in [0.25, 0.3) is 0 Å². The number of nitrogens with zero attached hydrogens (tertiary/aromatic N) is 2. The fourth-order valence-corrected chi connectivity index (χ4v) is 6.06. The molecule has 4 nitrogen and oxygen atoms in total. The van der Waals surface area contributed by atoms with E-state index < -0.39 is 0 Å². The van der Waals surface area contributed by atoms with Gasteiger partial charge in [0.1, 0.15) is 11.5 Å². The fourth-order valence-electron chi connectivity index (χ4n) is 6.06. The van der Waals surface area contributed by atoms with Gasteiger partial charge in [-0.3, -0.25) is 0 Å². The molecule has 0 saturated heterocycles. The van der Waals surface area contributed by atoms with Gasteiger partial charge in [-0.15, -0.1) is 0 Å². The molecule has 0 saturated carbocycles. The first kappa shape index (κ1) is 30.5. The third-order valence-electron chi connectivity index (χ3n) is 8.59. The van der Waals surface area contributed by atoms with E-state index in [1.54, 1.807) is 14.2 Å². The predicted molar refractivity (Wildman–Crippen MR) is 193 cm³/mol. The van der Waals surface area contributed by atoms with Crippen LogP contribution in [0.25, 0.3) is 11.1 Å². The predicted octanol–water partition coefficient (Wildman–Crippen LogP) is 11.5. The number of hydrogen-bond acceptors (Lipinski definition) is 4. The molecule has 4 heteroatoms. The summed E-state index contributed by atoms with van der Waals surface area (Å²) < 4.78 is 11.0. The van der Waals surface area contributed by atoms with Crippen molar-refractivity contribution in [3.63, 3.8) is 0 Å². The zero-order valence-electron chi connectivity index (χ0n) is 27.4. The molecule has 46 heavy (non-hydrogen) atoms. The van der Waals surface area contributed by atoms with Gasteiger partial charge in [-0.05, 0) is 134 Å². The van der Waals surface area contributed by atoms with Crippen molar-refractivity contribution in [1.29, 1.82) is 0 Å². The summed E-state index contributed by atoms with van der Waals surface area (Å²) in [4.78, 5) is 4.66. The highest BCUT2D eigenvalue weighted by Crippen LogP contribution is 2.42. The van der Waals surface area contributed by atoms with Crippen LogP contribution in [0, 0.1) is 27.7 Å². The van der Waals surface area contributed by atoms with Crippen LogP contribution in [0.5, 0.6) is 11.5 Å². The monoisotopic (exact) mass is 604 g/mol. The molecule has 0 aliphatic rings. The molecule has 0 aliphatic heterocycles. The first-order chi connectivity index (χ1) is 22.4. The minimum atomic E-state index is 0.855. The molecule has 0 N–H and O–H groups in total. The molecule has 0 heterocycles. The largest absolute Gasteiger partial charge is 0.497 e. The van der Waals surface area contributed by atoms with Crippen molar-refractivity contribution in [2.75, 3.05) is 24.0 Å². The van der Waals surface area contributed by atoms with E-state index in [1.165, 1.54) is 11.1 Å². The standard InChI is InChI=1S/C42H40N2O2/c1-29-11-7-9-13-39(29)43(41-25-23-37(45-5)27-31(41)3)35-19-15-33(16-20-35)34-17-21-36(22-18-34)44(40-14-10-8-12-30(40)2)42-26-24-38(46-6)28-32(42)4/h7-28H,1-6H3.